The molecule has 0 amide bonds. The van der Waals surface area contributed by atoms with Gasteiger partial charge in [-0.05, 0) is 33.3 Å². The fourth-order valence-electron chi connectivity index (χ4n) is 1.91. The van der Waals surface area contributed by atoms with Gasteiger partial charge in [-0.15, -0.1) is 0 Å². The number of benzene rings is 1. The number of aryl methyl sites for hydroxylation is 2. The maximum atomic E-state index is 12.3. The molecule has 0 aliphatic rings. The zero-order valence-electron chi connectivity index (χ0n) is 11.9. The lowest BCUT2D eigenvalue weighted by molar-refractivity contribution is 0.100. The van der Waals surface area contributed by atoms with Crippen LogP contribution in [0, 0.1) is 13.8 Å². The highest BCUT2D eigenvalue weighted by Crippen LogP contribution is 2.48. The zero-order valence-corrected chi connectivity index (χ0v) is 12.8. The highest BCUT2D eigenvalue weighted by molar-refractivity contribution is 7.54. The summed E-state index contributed by atoms with van der Waals surface area (Å²) in [4.78, 5) is 12.2. The number of hydrogen-bond acceptors (Lipinski definition) is 4. The van der Waals surface area contributed by atoms with Gasteiger partial charge in [-0.2, -0.15) is 0 Å². The lowest BCUT2D eigenvalue weighted by Crippen LogP contribution is -2.11. The Kier molecular flexibility index (Phi) is 5.92. The molecule has 0 fully saturated rings. The summed E-state index contributed by atoms with van der Waals surface area (Å²) in [5, 5.41) is 0. The molecule has 0 aromatic heterocycles. The predicted octanol–water partition coefficient (Wildman–Crippen LogP) is 3.75. The van der Waals surface area contributed by atoms with Crippen LogP contribution in [0.15, 0.2) is 18.2 Å². The van der Waals surface area contributed by atoms with Gasteiger partial charge in [0, 0.05) is 5.56 Å². The lowest BCUT2D eigenvalue weighted by atomic mass is 10.0. The second-order valence-electron chi connectivity index (χ2n) is 4.35. The van der Waals surface area contributed by atoms with Crippen LogP contribution in [0.5, 0.6) is 0 Å². The molecule has 0 radical (unpaired) electrons. The van der Waals surface area contributed by atoms with Gasteiger partial charge in [-0.3, -0.25) is 9.36 Å². The fraction of sp³-hybridized carbons (Fsp3) is 0.500. The minimum Gasteiger partial charge on any atom is -0.309 e. The summed E-state index contributed by atoms with van der Waals surface area (Å²) >= 11 is 0. The van der Waals surface area contributed by atoms with E-state index in [-0.39, 0.29) is 25.2 Å². The highest BCUT2D eigenvalue weighted by atomic mass is 31.2. The van der Waals surface area contributed by atoms with Gasteiger partial charge in [0.2, 0.25) is 0 Å². The molecule has 19 heavy (non-hydrogen) atoms. The Balaban J connectivity index is 2.91. The Morgan fingerprint density at radius 2 is 1.74 bits per heavy atom. The van der Waals surface area contributed by atoms with Gasteiger partial charge in [0.05, 0.1) is 13.2 Å². The second-order valence-corrected chi connectivity index (χ2v) is 6.40. The van der Waals surface area contributed by atoms with Crippen LogP contribution in [0.25, 0.3) is 0 Å². The van der Waals surface area contributed by atoms with Gasteiger partial charge in [-0.1, -0.05) is 23.8 Å². The molecule has 0 saturated carbocycles. The zero-order chi connectivity index (χ0) is 14.5. The van der Waals surface area contributed by atoms with E-state index in [1.165, 1.54) is 0 Å². The van der Waals surface area contributed by atoms with Crippen LogP contribution < -0.4 is 0 Å². The fourth-order valence-corrected chi connectivity index (χ4v) is 3.48. The number of carbonyl (C=O) groups is 1. The first-order valence-corrected chi connectivity index (χ1v) is 8.13. The van der Waals surface area contributed by atoms with E-state index in [2.05, 4.69) is 0 Å². The average Bonchev–Trinajstić information content (AvgIpc) is 2.28. The van der Waals surface area contributed by atoms with Crippen molar-refractivity contribution in [3.05, 3.63) is 34.9 Å². The number of ketones is 1. The summed E-state index contributed by atoms with van der Waals surface area (Å²) < 4.78 is 22.6. The van der Waals surface area contributed by atoms with E-state index in [1.54, 1.807) is 19.9 Å². The molecule has 0 bridgehead atoms. The molecule has 5 heteroatoms. The summed E-state index contributed by atoms with van der Waals surface area (Å²) in [6.45, 7) is 7.81. The number of hydrogen-bond donors (Lipinski definition) is 0. The van der Waals surface area contributed by atoms with Gasteiger partial charge in [0.15, 0.2) is 5.78 Å². The first kappa shape index (κ1) is 16.1. The molecule has 106 valence electrons. The quantitative estimate of drug-likeness (QED) is 0.565. The number of rotatable bonds is 7. The molecule has 0 aliphatic heterocycles. The van der Waals surface area contributed by atoms with Crippen LogP contribution in [0.4, 0.5) is 0 Å². The molecule has 0 saturated heterocycles. The molecule has 0 aliphatic carbocycles. The van der Waals surface area contributed by atoms with E-state index >= 15 is 0 Å². The van der Waals surface area contributed by atoms with E-state index in [0.29, 0.717) is 5.56 Å². The van der Waals surface area contributed by atoms with Gasteiger partial charge in [-0.25, -0.2) is 0 Å². The third-order valence-corrected chi connectivity index (χ3v) is 4.65. The predicted molar refractivity (Wildman–Crippen MR) is 76.0 cm³/mol. The van der Waals surface area contributed by atoms with Crippen molar-refractivity contribution in [1.82, 2.24) is 0 Å². The van der Waals surface area contributed by atoms with Crippen LogP contribution in [-0.2, 0) is 13.6 Å². The molecule has 1 aromatic rings. The molecule has 4 nitrogen and oxygen atoms in total. The van der Waals surface area contributed by atoms with Crippen molar-refractivity contribution in [1.29, 1.82) is 0 Å². The first-order valence-electron chi connectivity index (χ1n) is 6.40. The summed E-state index contributed by atoms with van der Waals surface area (Å²) in [7, 11) is -3.32. The van der Waals surface area contributed by atoms with Crippen LogP contribution in [-0.4, -0.2) is 25.2 Å². The summed E-state index contributed by atoms with van der Waals surface area (Å²) in [5.74, 6) is -0.206. The number of carbonyl (C=O) groups excluding carboxylic acids is 1. The van der Waals surface area contributed by atoms with Gasteiger partial charge in [0.1, 0.15) is 6.16 Å². The SMILES string of the molecule is CCOP(=O)(CC(=O)c1ccc(C)cc1C)OCC. The Morgan fingerprint density at radius 3 is 2.21 bits per heavy atom. The molecular weight excluding hydrogens is 263 g/mol. The third kappa shape index (κ3) is 4.57. The lowest BCUT2D eigenvalue weighted by Gasteiger charge is -2.16. The van der Waals surface area contributed by atoms with Gasteiger partial charge >= 0.3 is 7.60 Å². The van der Waals surface area contributed by atoms with Crippen LogP contribution in [0.2, 0.25) is 0 Å². The van der Waals surface area contributed by atoms with Gasteiger partial charge in [0.25, 0.3) is 0 Å². The standard InChI is InChI=1S/C14H21O4P/c1-5-17-19(16,18-6-2)10-14(15)13-8-7-11(3)9-12(13)4/h7-9H,5-6,10H2,1-4H3. The molecule has 0 unspecified atom stereocenters. The van der Waals surface area contributed by atoms with E-state index in [0.717, 1.165) is 11.1 Å². The van der Waals surface area contributed by atoms with Crippen molar-refractivity contribution in [2.45, 2.75) is 27.7 Å². The second kappa shape index (κ2) is 6.99. The van der Waals surface area contributed by atoms with E-state index in [1.807, 2.05) is 26.0 Å². The molecule has 0 spiro atoms. The molecule has 0 N–H and O–H groups in total. The average molecular weight is 284 g/mol. The van der Waals surface area contributed by atoms with Crippen LogP contribution >= 0.6 is 7.60 Å². The Labute approximate surface area is 114 Å². The summed E-state index contributed by atoms with van der Waals surface area (Å²) in [6.07, 6.45) is -0.210. The van der Waals surface area contributed by atoms with E-state index < -0.39 is 7.60 Å². The highest BCUT2D eigenvalue weighted by Gasteiger charge is 2.28. The van der Waals surface area contributed by atoms with Crippen molar-refractivity contribution < 1.29 is 18.4 Å². The minimum atomic E-state index is -3.32. The number of Topliss-reactive ketones (excluding diaryl/α,β-unsaturated/α-hetero) is 1. The van der Waals surface area contributed by atoms with Crippen molar-refractivity contribution >= 4 is 13.4 Å². The van der Waals surface area contributed by atoms with Crippen molar-refractivity contribution in [2.24, 2.45) is 0 Å². The molecule has 1 aromatic carbocycles. The van der Waals surface area contributed by atoms with Gasteiger partial charge < -0.3 is 9.05 Å². The van der Waals surface area contributed by atoms with E-state index in [4.69, 9.17) is 9.05 Å². The normalized spacial score (nSPS) is 11.6. The van der Waals surface area contributed by atoms with Crippen molar-refractivity contribution in [2.75, 3.05) is 19.4 Å². The van der Waals surface area contributed by atoms with Crippen LogP contribution in [0.3, 0.4) is 0 Å². The monoisotopic (exact) mass is 284 g/mol. The third-order valence-electron chi connectivity index (χ3n) is 2.67. The largest absolute Gasteiger partial charge is 0.338 e. The van der Waals surface area contributed by atoms with E-state index in [9.17, 15) is 9.36 Å². The molecule has 0 atom stereocenters. The maximum absolute atomic E-state index is 12.3. The van der Waals surface area contributed by atoms with Crippen molar-refractivity contribution in [3.63, 3.8) is 0 Å². The minimum absolute atomic E-state index is 0.206. The topological polar surface area (TPSA) is 52.6 Å². The molecule has 0 heterocycles. The summed E-state index contributed by atoms with van der Waals surface area (Å²) in [6, 6.07) is 5.56. The Morgan fingerprint density at radius 1 is 1.16 bits per heavy atom. The summed E-state index contributed by atoms with van der Waals surface area (Å²) in [5.41, 5.74) is 2.54. The Bertz CT molecular complexity index is 486. The smallest absolute Gasteiger partial charge is 0.309 e. The van der Waals surface area contributed by atoms with Crippen molar-refractivity contribution in [3.8, 4) is 0 Å². The Hall–Kier alpha value is -0.960. The molecule has 1 rings (SSSR count). The maximum Gasteiger partial charge on any atom is 0.338 e. The first-order chi connectivity index (χ1) is 8.91. The molecular formula is C14H21O4P. The van der Waals surface area contributed by atoms with Crippen LogP contribution in [0.1, 0.15) is 35.3 Å².